The average Bonchev–Trinajstić information content (AvgIpc) is 3.62. The van der Waals surface area contributed by atoms with Gasteiger partial charge in [-0.25, -0.2) is 14.1 Å². The summed E-state index contributed by atoms with van der Waals surface area (Å²) >= 11 is 0. The van der Waals surface area contributed by atoms with E-state index in [4.69, 9.17) is 0 Å². The molecule has 1 atom stereocenters. The van der Waals surface area contributed by atoms with Gasteiger partial charge < -0.3 is 9.80 Å². The van der Waals surface area contributed by atoms with Gasteiger partial charge in [-0.15, -0.1) is 5.10 Å². The lowest BCUT2D eigenvalue weighted by molar-refractivity contribution is -0.135. The van der Waals surface area contributed by atoms with Crippen LogP contribution in [0.15, 0.2) is 30.5 Å². The van der Waals surface area contributed by atoms with Gasteiger partial charge in [0.15, 0.2) is 5.82 Å². The Hall–Kier alpha value is -3.63. The van der Waals surface area contributed by atoms with Gasteiger partial charge in [-0.1, -0.05) is 17.3 Å². The number of likely N-dealkylation sites (tertiary alicyclic amines) is 2. The molecule has 10 nitrogen and oxygen atoms in total. The molecule has 1 aromatic carbocycles. The van der Waals surface area contributed by atoms with E-state index in [1.54, 1.807) is 23.0 Å². The van der Waals surface area contributed by atoms with Gasteiger partial charge in [-0.3, -0.25) is 14.7 Å². The van der Waals surface area contributed by atoms with E-state index in [9.17, 15) is 14.0 Å². The summed E-state index contributed by atoms with van der Waals surface area (Å²) in [4.78, 5) is 34.2. The summed E-state index contributed by atoms with van der Waals surface area (Å²) < 4.78 is 14.7. The minimum atomic E-state index is -0.267. The monoisotopic (exact) mass is 494 g/mol. The lowest BCUT2D eigenvalue weighted by atomic mass is 9.92. The van der Waals surface area contributed by atoms with Crippen molar-refractivity contribution in [3.05, 3.63) is 59.2 Å². The van der Waals surface area contributed by atoms with Crippen molar-refractivity contribution in [2.45, 2.75) is 58.0 Å². The SMILES string of the molecule is Cc1cn(CC(=O)N2CCC(CC(=O)N3CCC[C@@H]3c3n[nH]c(Cc4ccc(F)cc4)n3)CC2)nn1. The van der Waals surface area contributed by atoms with Gasteiger partial charge in [-0.05, 0) is 56.2 Å². The molecule has 2 aromatic heterocycles. The van der Waals surface area contributed by atoms with Crippen molar-refractivity contribution in [2.24, 2.45) is 5.92 Å². The third-order valence-corrected chi connectivity index (χ3v) is 7.09. The van der Waals surface area contributed by atoms with Crippen molar-refractivity contribution < 1.29 is 14.0 Å². The van der Waals surface area contributed by atoms with E-state index in [1.807, 2.05) is 16.7 Å². The van der Waals surface area contributed by atoms with Crippen LogP contribution in [0.2, 0.25) is 0 Å². The number of benzene rings is 1. The molecule has 0 unspecified atom stereocenters. The third kappa shape index (κ3) is 5.60. The molecule has 2 saturated heterocycles. The van der Waals surface area contributed by atoms with Crippen LogP contribution in [0.3, 0.4) is 0 Å². The fourth-order valence-electron chi connectivity index (χ4n) is 5.13. The summed E-state index contributed by atoms with van der Waals surface area (Å²) in [7, 11) is 0. The van der Waals surface area contributed by atoms with Gasteiger partial charge in [0.1, 0.15) is 18.2 Å². The van der Waals surface area contributed by atoms with Crippen LogP contribution in [0.4, 0.5) is 4.39 Å². The summed E-state index contributed by atoms with van der Waals surface area (Å²) in [6.45, 7) is 4.05. The fourth-order valence-corrected chi connectivity index (χ4v) is 5.13. The van der Waals surface area contributed by atoms with Crippen LogP contribution in [0.5, 0.6) is 0 Å². The molecular formula is C25H31FN8O2. The van der Waals surface area contributed by atoms with E-state index in [-0.39, 0.29) is 36.1 Å². The highest BCUT2D eigenvalue weighted by molar-refractivity contribution is 5.77. The lowest BCUT2D eigenvalue weighted by Crippen LogP contribution is -2.41. The smallest absolute Gasteiger partial charge is 0.244 e. The number of piperidine rings is 1. The minimum Gasteiger partial charge on any atom is -0.341 e. The predicted octanol–water partition coefficient (Wildman–Crippen LogP) is 2.43. The zero-order chi connectivity index (χ0) is 25.1. The Morgan fingerprint density at radius 1 is 1.08 bits per heavy atom. The van der Waals surface area contributed by atoms with Crippen LogP contribution in [0, 0.1) is 18.7 Å². The Bertz CT molecular complexity index is 1200. The van der Waals surface area contributed by atoms with Gasteiger partial charge in [0.05, 0.1) is 11.7 Å². The van der Waals surface area contributed by atoms with E-state index in [1.165, 1.54) is 12.1 Å². The van der Waals surface area contributed by atoms with E-state index >= 15 is 0 Å². The number of hydrogen-bond acceptors (Lipinski definition) is 6. The number of H-pyrrole nitrogens is 1. The van der Waals surface area contributed by atoms with Crippen LogP contribution in [0.1, 0.15) is 61.1 Å². The first-order valence-electron chi connectivity index (χ1n) is 12.5. The molecular weight excluding hydrogens is 463 g/mol. The number of nitrogens with one attached hydrogen (secondary N) is 1. The number of halogens is 1. The molecule has 11 heteroatoms. The van der Waals surface area contributed by atoms with Crippen molar-refractivity contribution in [1.82, 2.24) is 40.0 Å². The molecule has 0 aliphatic carbocycles. The van der Waals surface area contributed by atoms with Gasteiger partial charge in [0.2, 0.25) is 11.8 Å². The zero-order valence-corrected chi connectivity index (χ0v) is 20.4. The fraction of sp³-hybridized carbons (Fsp3) is 0.520. The molecule has 4 heterocycles. The van der Waals surface area contributed by atoms with E-state index < -0.39 is 0 Å². The molecule has 0 spiro atoms. The molecule has 2 amide bonds. The van der Waals surface area contributed by atoms with Crippen LogP contribution in [-0.2, 0) is 22.6 Å². The molecule has 0 saturated carbocycles. The summed E-state index contributed by atoms with van der Waals surface area (Å²) in [6, 6.07) is 6.21. The third-order valence-electron chi connectivity index (χ3n) is 7.09. The zero-order valence-electron chi connectivity index (χ0n) is 20.4. The topological polar surface area (TPSA) is 113 Å². The Kier molecular flexibility index (Phi) is 7.06. The highest BCUT2D eigenvalue weighted by atomic mass is 19.1. The van der Waals surface area contributed by atoms with Crippen LogP contribution in [-0.4, -0.2) is 71.4 Å². The number of carbonyl (C=O) groups excluding carboxylic acids is 2. The van der Waals surface area contributed by atoms with E-state index in [0.717, 1.165) is 36.9 Å². The molecule has 190 valence electrons. The Labute approximate surface area is 208 Å². The first kappa shape index (κ1) is 24.1. The van der Waals surface area contributed by atoms with Crippen LogP contribution < -0.4 is 0 Å². The summed E-state index contributed by atoms with van der Waals surface area (Å²) in [6.07, 6.45) is 6.16. The molecule has 2 fully saturated rings. The molecule has 0 bridgehead atoms. The maximum atomic E-state index is 13.2. The second-order valence-electron chi connectivity index (χ2n) is 9.77. The van der Waals surface area contributed by atoms with Gasteiger partial charge >= 0.3 is 0 Å². The second-order valence-corrected chi connectivity index (χ2v) is 9.77. The van der Waals surface area contributed by atoms with Crippen LogP contribution >= 0.6 is 0 Å². The normalized spacial score (nSPS) is 18.7. The van der Waals surface area contributed by atoms with Gasteiger partial charge in [0, 0.05) is 38.7 Å². The standard InChI is InChI=1S/C25H31FN8O2/c1-17-15-33(31-28-17)16-24(36)32-11-8-19(9-12-32)14-23(35)34-10-2-3-21(34)25-27-22(29-30-25)13-18-4-6-20(26)7-5-18/h4-7,15,19,21H,2-3,8-14,16H2,1H3,(H,27,29,30)/t21-/m1/s1. The predicted molar refractivity (Wildman–Crippen MR) is 128 cm³/mol. The molecule has 3 aromatic rings. The van der Waals surface area contributed by atoms with Crippen molar-refractivity contribution in [1.29, 1.82) is 0 Å². The van der Waals surface area contributed by atoms with E-state index in [0.29, 0.717) is 44.1 Å². The minimum absolute atomic E-state index is 0.0327. The Balaban J connectivity index is 1.12. The number of aryl methyl sites for hydroxylation is 1. The van der Waals surface area contributed by atoms with Crippen molar-refractivity contribution in [2.75, 3.05) is 19.6 Å². The number of nitrogens with zero attached hydrogens (tertiary/aromatic N) is 7. The number of aromatic amines is 1. The van der Waals surface area contributed by atoms with E-state index in [2.05, 4.69) is 25.5 Å². The van der Waals surface area contributed by atoms with Gasteiger partial charge in [0.25, 0.3) is 0 Å². The van der Waals surface area contributed by atoms with Gasteiger partial charge in [-0.2, -0.15) is 5.10 Å². The van der Waals surface area contributed by atoms with Crippen LogP contribution in [0.25, 0.3) is 0 Å². The summed E-state index contributed by atoms with van der Waals surface area (Å²) in [5, 5.41) is 15.3. The number of hydrogen-bond donors (Lipinski definition) is 1. The van der Waals surface area contributed by atoms with Crippen molar-refractivity contribution in [3.63, 3.8) is 0 Å². The second kappa shape index (κ2) is 10.5. The highest BCUT2D eigenvalue weighted by Gasteiger charge is 2.34. The first-order valence-corrected chi connectivity index (χ1v) is 12.5. The Morgan fingerprint density at radius 3 is 2.58 bits per heavy atom. The summed E-state index contributed by atoms with van der Waals surface area (Å²) in [5.74, 6) is 1.50. The molecule has 0 radical (unpaired) electrons. The number of amides is 2. The maximum absolute atomic E-state index is 13.2. The molecule has 5 rings (SSSR count). The first-order chi connectivity index (χ1) is 17.4. The van der Waals surface area contributed by atoms with Crippen molar-refractivity contribution in [3.8, 4) is 0 Å². The largest absolute Gasteiger partial charge is 0.341 e. The number of aromatic nitrogens is 6. The molecule has 2 aliphatic heterocycles. The molecule has 36 heavy (non-hydrogen) atoms. The maximum Gasteiger partial charge on any atom is 0.244 e. The quantitative estimate of drug-likeness (QED) is 0.540. The summed E-state index contributed by atoms with van der Waals surface area (Å²) in [5.41, 5.74) is 1.73. The number of carbonyl (C=O) groups is 2. The average molecular weight is 495 g/mol. The Morgan fingerprint density at radius 2 is 1.86 bits per heavy atom. The molecule has 1 N–H and O–H groups in total. The highest BCUT2D eigenvalue weighted by Crippen LogP contribution is 2.32. The lowest BCUT2D eigenvalue weighted by Gasteiger charge is -2.33. The van der Waals surface area contributed by atoms with Crippen molar-refractivity contribution >= 4 is 11.8 Å². The number of rotatable bonds is 7. The molecule has 2 aliphatic rings.